The van der Waals surface area contributed by atoms with Crippen molar-refractivity contribution in [3.8, 4) is 0 Å². The Hall–Kier alpha value is -4.22. The Morgan fingerprint density at radius 3 is 2.20 bits per heavy atom. The zero-order chi connectivity index (χ0) is 24.4. The van der Waals surface area contributed by atoms with Crippen LogP contribution in [-0.4, -0.2) is 73.3 Å². The molecule has 0 spiro atoms. The minimum Gasteiger partial charge on any atom is -0.442 e. The van der Waals surface area contributed by atoms with Crippen molar-refractivity contribution in [3.05, 3.63) is 59.2 Å². The first kappa shape index (κ1) is 21.3. The van der Waals surface area contributed by atoms with Gasteiger partial charge in [-0.3, -0.25) is 19.4 Å². The van der Waals surface area contributed by atoms with Gasteiger partial charge in [-0.2, -0.15) is 0 Å². The lowest BCUT2D eigenvalue weighted by molar-refractivity contribution is 0.0558. The molecule has 0 bridgehead atoms. The second kappa shape index (κ2) is 7.65. The van der Waals surface area contributed by atoms with E-state index in [-0.39, 0.29) is 54.7 Å². The molecule has 4 aliphatic heterocycles. The zero-order valence-electron chi connectivity index (χ0n) is 18.1. The van der Waals surface area contributed by atoms with Gasteiger partial charge in [0.2, 0.25) is 0 Å². The Bertz CT molecular complexity index is 1230. The van der Waals surface area contributed by atoms with Gasteiger partial charge in [-0.15, -0.1) is 0 Å². The van der Waals surface area contributed by atoms with Crippen LogP contribution in [0, 0.1) is 11.6 Å². The van der Waals surface area contributed by atoms with E-state index in [4.69, 9.17) is 9.47 Å². The molecule has 0 aliphatic carbocycles. The molecule has 3 saturated heterocycles. The van der Waals surface area contributed by atoms with Gasteiger partial charge in [0.05, 0.1) is 42.5 Å². The molecule has 4 heterocycles. The monoisotopic (exact) mass is 484 g/mol. The number of hydrogen-bond acceptors (Lipinski definition) is 7. The van der Waals surface area contributed by atoms with Crippen LogP contribution >= 0.6 is 0 Å². The van der Waals surface area contributed by atoms with Gasteiger partial charge < -0.3 is 19.7 Å². The molecule has 35 heavy (non-hydrogen) atoms. The third-order valence-electron chi connectivity index (χ3n) is 6.60. The van der Waals surface area contributed by atoms with E-state index in [2.05, 4.69) is 5.32 Å². The van der Waals surface area contributed by atoms with E-state index in [1.54, 1.807) is 24.3 Å². The maximum atomic E-state index is 15.0. The number of alkyl carbamates (subject to hydrolysis) is 1. The summed E-state index contributed by atoms with van der Waals surface area (Å²) >= 11 is 0. The summed E-state index contributed by atoms with van der Waals surface area (Å²) < 4.78 is 40.3. The van der Waals surface area contributed by atoms with Crippen LogP contribution in [0.1, 0.15) is 20.7 Å². The van der Waals surface area contributed by atoms with Crippen molar-refractivity contribution in [1.82, 2.24) is 10.2 Å². The summed E-state index contributed by atoms with van der Waals surface area (Å²) in [7, 11) is 0. The zero-order valence-corrected chi connectivity index (χ0v) is 18.1. The number of fused-ring (bicyclic) bond motifs is 2. The van der Waals surface area contributed by atoms with Gasteiger partial charge in [0.15, 0.2) is 11.6 Å². The van der Waals surface area contributed by atoms with E-state index in [0.29, 0.717) is 0 Å². The molecule has 6 rings (SSSR count). The number of ether oxygens (including phenoxy) is 2. The molecule has 0 aromatic heterocycles. The van der Waals surface area contributed by atoms with Crippen LogP contribution in [0.5, 0.6) is 0 Å². The summed E-state index contributed by atoms with van der Waals surface area (Å²) in [4.78, 5) is 52.4. The minimum absolute atomic E-state index is 0.0532. The number of halogens is 2. The summed E-state index contributed by atoms with van der Waals surface area (Å²) in [6.07, 6.45) is -2.77. The van der Waals surface area contributed by atoms with Gasteiger partial charge in [-0.05, 0) is 12.1 Å². The highest BCUT2D eigenvalue weighted by molar-refractivity contribution is 6.21. The summed E-state index contributed by atoms with van der Waals surface area (Å²) in [6, 6.07) is 8.07. The molecule has 2 aromatic rings. The lowest BCUT2D eigenvalue weighted by atomic mass is 10.1. The molecule has 12 heteroatoms. The molecule has 3 fully saturated rings. The molecule has 1 N–H and O–H groups in total. The van der Waals surface area contributed by atoms with Crippen LogP contribution in [-0.2, 0) is 9.47 Å². The summed E-state index contributed by atoms with van der Waals surface area (Å²) in [6.45, 7) is 0.0283. The number of hydrogen-bond donors (Lipinski definition) is 1. The molecular weight excluding hydrogens is 466 g/mol. The molecule has 3 atom stereocenters. The molecule has 1 unspecified atom stereocenters. The SMILES string of the molecule is O=C1N[C@@H]2CN(c3c(F)cc(N4CC(CN5C(=O)c6ccccc6C5=O)OC4=O)cc3F)C[C@@H]2O1. The van der Waals surface area contributed by atoms with Crippen molar-refractivity contribution in [2.75, 3.05) is 36.0 Å². The fourth-order valence-electron chi connectivity index (χ4n) is 4.98. The smallest absolute Gasteiger partial charge is 0.414 e. The third-order valence-corrected chi connectivity index (χ3v) is 6.60. The minimum atomic E-state index is -0.886. The number of benzene rings is 2. The average Bonchev–Trinajstić information content (AvgIpc) is 3.52. The number of amides is 4. The maximum absolute atomic E-state index is 15.0. The Labute approximate surface area is 197 Å². The van der Waals surface area contributed by atoms with Gasteiger partial charge in [0.1, 0.15) is 17.9 Å². The fourth-order valence-corrected chi connectivity index (χ4v) is 4.98. The molecular formula is C23H18F2N4O6. The molecule has 4 amide bonds. The number of cyclic esters (lactones) is 1. The van der Waals surface area contributed by atoms with Crippen LogP contribution in [0.2, 0.25) is 0 Å². The largest absolute Gasteiger partial charge is 0.442 e. The van der Waals surface area contributed by atoms with E-state index in [9.17, 15) is 28.0 Å². The Morgan fingerprint density at radius 1 is 0.914 bits per heavy atom. The fraction of sp³-hybridized carbons (Fsp3) is 0.304. The molecule has 10 nitrogen and oxygen atoms in total. The van der Waals surface area contributed by atoms with Crippen LogP contribution in [0.3, 0.4) is 0 Å². The molecule has 180 valence electrons. The number of carbonyl (C=O) groups is 4. The first-order valence-electron chi connectivity index (χ1n) is 10.9. The number of imide groups is 1. The third kappa shape index (κ3) is 3.35. The standard InChI is InChI=1S/C23H18F2N4O6/c24-15-5-11(6-16(25)19(15)27-9-17-18(10-27)35-22(32)26-17)28-7-12(34-23(28)33)8-29-20(30)13-3-1-2-4-14(13)21(29)31/h1-6,12,17-18H,7-10H2,(H,26,32)/t12?,17-,18+/m1/s1. The van der Waals surface area contributed by atoms with Crippen LogP contribution in [0.4, 0.5) is 29.7 Å². The number of anilines is 2. The van der Waals surface area contributed by atoms with Gasteiger partial charge in [0.25, 0.3) is 11.8 Å². The topological polar surface area (TPSA) is 108 Å². The Morgan fingerprint density at radius 2 is 1.57 bits per heavy atom. The van der Waals surface area contributed by atoms with Gasteiger partial charge in [-0.1, -0.05) is 12.1 Å². The molecule has 4 aliphatic rings. The quantitative estimate of drug-likeness (QED) is 0.661. The van der Waals surface area contributed by atoms with Crippen LogP contribution in [0.25, 0.3) is 0 Å². The second-order valence-electron chi connectivity index (χ2n) is 8.74. The van der Waals surface area contributed by atoms with Gasteiger partial charge in [0, 0.05) is 18.7 Å². The molecule has 0 saturated carbocycles. The van der Waals surface area contributed by atoms with Gasteiger partial charge >= 0.3 is 12.2 Å². The Balaban J connectivity index is 1.17. The van der Waals surface area contributed by atoms with Crippen molar-refractivity contribution in [2.45, 2.75) is 18.2 Å². The normalized spacial score (nSPS) is 25.1. The average molecular weight is 484 g/mol. The van der Waals surface area contributed by atoms with Crippen molar-refractivity contribution in [1.29, 1.82) is 0 Å². The van der Waals surface area contributed by atoms with Crippen molar-refractivity contribution in [2.24, 2.45) is 0 Å². The lowest BCUT2D eigenvalue weighted by Crippen LogP contribution is -2.38. The maximum Gasteiger partial charge on any atom is 0.414 e. The first-order valence-corrected chi connectivity index (χ1v) is 10.9. The van der Waals surface area contributed by atoms with E-state index >= 15 is 0 Å². The lowest BCUT2D eigenvalue weighted by Gasteiger charge is -2.22. The number of nitrogens with zero attached hydrogens (tertiary/aromatic N) is 3. The first-order chi connectivity index (χ1) is 16.8. The van der Waals surface area contributed by atoms with Gasteiger partial charge in [-0.25, -0.2) is 18.4 Å². The number of carbonyl (C=O) groups excluding carboxylic acids is 4. The van der Waals surface area contributed by atoms with E-state index < -0.39 is 47.8 Å². The summed E-state index contributed by atoms with van der Waals surface area (Å²) in [5, 5.41) is 2.59. The number of nitrogens with one attached hydrogen (secondary N) is 1. The Kier molecular flexibility index (Phi) is 4.66. The van der Waals surface area contributed by atoms with Crippen molar-refractivity contribution in [3.63, 3.8) is 0 Å². The molecule has 0 radical (unpaired) electrons. The summed E-state index contributed by atoms with van der Waals surface area (Å²) in [5.41, 5.74) is 0.211. The predicted octanol–water partition coefficient (Wildman–Crippen LogP) is 1.88. The van der Waals surface area contributed by atoms with E-state index in [1.807, 2.05) is 0 Å². The van der Waals surface area contributed by atoms with E-state index in [0.717, 1.165) is 21.9 Å². The van der Waals surface area contributed by atoms with Crippen LogP contribution < -0.4 is 15.1 Å². The number of rotatable bonds is 4. The highest BCUT2D eigenvalue weighted by Gasteiger charge is 2.44. The van der Waals surface area contributed by atoms with Crippen LogP contribution in [0.15, 0.2) is 36.4 Å². The molecule has 2 aromatic carbocycles. The van der Waals surface area contributed by atoms with E-state index in [1.165, 1.54) is 4.90 Å². The van der Waals surface area contributed by atoms with Crippen molar-refractivity contribution < 1.29 is 37.4 Å². The van der Waals surface area contributed by atoms with Crippen molar-refractivity contribution >= 4 is 35.4 Å². The predicted molar refractivity (Wildman–Crippen MR) is 115 cm³/mol. The highest BCUT2D eigenvalue weighted by atomic mass is 19.1. The second-order valence-corrected chi connectivity index (χ2v) is 8.74. The highest BCUT2D eigenvalue weighted by Crippen LogP contribution is 2.34. The summed E-state index contributed by atoms with van der Waals surface area (Å²) in [5.74, 6) is -2.75.